The molecule has 0 bridgehead atoms. The zero-order chi connectivity index (χ0) is 28.7. The fourth-order valence-electron chi connectivity index (χ4n) is 4.90. The first kappa shape index (κ1) is 29.3. The number of rotatable bonds is 5. The molecule has 40 heavy (non-hydrogen) atoms. The summed E-state index contributed by atoms with van der Waals surface area (Å²) >= 11 is 0. The summed E-state index contributed by atoms with van der Waals surface area (Å²) in [5.74, 6) is -1.72. The third-order valence-corrected chi connectivity index (χ3v) is 7.62. The van der Waals surface area contributed by atoms with E-state index in [0.717, 1.165) is 59.3 Å². The molecule has 0 spiro atoms. The first-order valence-corrected chi connectivity index (χ1v) is 13.5. The van der Waals surface area contributed by atoms with Gasteiger partial charge in [0.1, 0.15) is 12.0 Å². The first-order valence-electron chi connectivity index (χ1n) is 13.5. The van der Waals surface area contributed by atoms with Crippen molar-refractivity contribution in [2.45, 2.75) is 51.1 Å². The number of piperazine rings is 1. The number of nitrogens with zero attached hydrogens (tertiary/aromatic N) is 5. The van der Waals surface area contributed by atoms with Gasteiger partial charge in [0.25, 0.3) is 0 Å². The van der Waals surface area contributed by atoms with Crippen LogP contribution in [0.4, 0.5) is 19.4 Å². The molecule has 1 saturated heterocycles. The average molecular weight is 555 g/mol. The lowest BCUT2D eigenvalue weighted by Crippen LogP contribution is -2.50. The summed E-state index contributed by atoms with van der Waals surface area (Å²) in [5, 5.41) is 13.9. The number of methoxy groups -OCH3 is 1. The Morgan fingerprint density at radius 1 is 1.12 bits per heavy atom. The van der Waals surface area contributed by atoms with E-state index in [2.05, 4.69) is 49.0 Å². The van der Waals surface area contributed by atoms with Crippen molar-refractivity contribution < 1.29 is 23.1 Å². The number of alkyl halides is 2. The zero-order valence-electron chi connectivity index (χ0n) is 23.1. The van der Waals surface area contributed by atoms with Gasteiger partial charge in [-0.15, -0.1) is 10.2 Å². The Kier molecular flexibility index (Phi) is 9.57. The third kappa shape index (κ3) is 7.26. The van der Waals surface area contributed by atoms with Gasteiger partial charge in [-0.3, -0.25) is 4.98 Å². The highest BCUT2D eigenvalue weighted by molar-refractivity contribution is 5.99. The second-order valence-electron chi connectivity index (χ2n) is 10.4. The first-order chi connectivity index (χ1) is 19.2. The van der Waals surface area contributed by atoms with Crippen LogP contribution in [-0.4, -0.2) is 78.2 Å². The molecule has 1 aliphatic heterocycles. The molecule has 9 nitrogen and oxygen atoms in total. The van der Waals surface area contributed by atoms with Crippen molar-refractivity contribution in [2.24, 2.45) is 5.92 Å². The second-order valence-corrected chi connectivity index (χ2v) is 10.4. The quantitative estimate of drug-likeness (QED) is 0.453. The van der Waals surface area contributed by atoms with Crippen LogP contribution in [0, 0.1) is 5.92 Å². The number of pyridine rings is 1. The number of carbonyl (C=O) groups is 2. The highest BCUT2D eigenvalue weighted by atomic mass is 19.3. The Morgan fingerprint density at radius 2 is 1.85 bits per heavy atom. The number of halogens is 2. The molecule has 1 aromatic carbocycles. The minimum Gasteiger partial charge on any atom is -0.453 e. The van der Waals surface area contributed by atoms with E-state index in [-0.39, 0.29) is 18.8 Å². The van der Waals surface area contributed by atoms with Crippen molar-refractivity contribution in [1.82, 2.24) is 25.4 Å². The molecule has 214 valence electrons. The largest absolute Gasteiger partial charge is 0.453 e. The number of ether oxygens (including phenoxy) is 1. The van der Waals surface area contributed by atoms with Gasteiger partial charge in [0.05, 0.1) is 7.11 Å². The number of likely N-dealkylation sites (N-methyl/N-ethyl adjacent to an activating group) is 1. The van der Waals surface area contributed by atoms with E-state index in [1.165, 1.54) is 7.11 Å². The fraction of sp³-hybridized carbons (Fsp3) is 0.483. The van der Waals surface area contributed by atoms with Crippen molar-refractivity contribution >= 4 is 29.0 Å². The summed E-state index contributed by atoms with van der Waals surface area (Å²) in [6.07, 6.45) is 4.49. The predicted octanol–water partition coefficient (Wildman–Crippen LogP) is 4.70. The standard InChI is InChI=1S/C22H26N6O2.C7H10F2O/c1-15-14-28(11-10-27(15)2)21-19-13-23-9-8-18(19)20(25-26-21)17-6-4-16(5-7-17)12-24-22(29)30-3;8-7(9)3-1-6(5-10)2-4-7/h4-9,13,15H,10-12,14H2,1-3H3,(H,24,29);5-6H,1-4H2/t15-;/m0./s1. The molecule has 3 aromatic rings. The molecular formula is C29H36F2N6O3. The minimum atomic E-state index is -2.50. The number of aromatic nitrogens is 3. The number of benzene rings is 1. The van der Waals surface area contributed by atoms with Crippen molar-refractivity contribution in [2.75, 3.05) is 38.7 Å². The maximum atomic E-state index is 12.4. The molecule has 1 aliphatic carbocycles. The van der Waals surface area contributed by atoms with Crippen LogP contribution < -0.4 is 10.2 Å². The Balaban J connectivity index is 0.000000312. The number of nitrogens with one attached hydrogen (secondary N) is 1. The lowest BCUT2D eigenvalue weighted by molar-refractivity contribution is -0.115. The van der Waals surface area contributed by atoms with Crippen LogP contribution in [0.25, 0.3) is 22.0 Å². The lowest BCUT2D eigenvalue weighted by Gasteiger charge is -2.38. The van der Waals surface area contributed by atoms with Gasteiger partial charge in [0.15, 0.2) is 5.82 Å². The molecular weight excluding hydrogens is 518 g/mol. The minimum absolute atomic E-state index is 0.111. The summed E-state index contributed by atoms with van der Waals surface area (Å²) < 4.78 is 29.4. The Hall–Kier alpha value is -3.73. The highest BCUT2D eigenvalue weighted by Gasteiger charge is 2.34. The Labute approximate surface area is 232 Å². The normalized spacial score (nSPS) is 19.4. The van der Waals surface area contributed by atoms with Crippen LogP contribution in [0.5, 0.6) is 0 Å². The summed E-state index contributed by atoms with van der Waals surface area (Å²) in [6, 6.07) is 10.4. The van der Waals surface area contributed by atoms with Crippen molar-refractivity contribution in [3.63, 3.8) is 0 Å². The molecule has 0 radical (unpaired) electrons. The number of anilines is 1. The van der Waals surface area contributed by atoms with Crippen LogP contribution >= 0.6 is 0 Å². The van der Waals surface area contributed by atoms with E-state index in [9.17, 15) is 18.4 Å². The van der Waals surface area contributed by atoms with E-state index in [0.29, 0.717) is 25.4 Å². The average Bonchev–Trinajstić information content (AvgIpc) is 2.97. The van der Waals surface area contributed by atoms with Gasteiger partial charge in [-0.05, 0) is 38.4 Å². The number of hydrogen-bond acceptors (Lipinski definition) is 8. The van der Waals surface area contributed by atoms with E-state index in [1.54, 1.807) is 6.20 Å². The highest BCUT2D eigenvalue weighted by Crippen LogP contribution is 2.35. The van der Waals surface area contributed by atoms with Crippen LogP contribution in [0.15, 0.2) is 42.7 Å². The fourth-order valence-corrected chi connectivity index (χ4v) is 4.90. The smallest absolute Gasteiger partial charge is 0.407 e. The summed E-state index contributed by atoms with van der Waals surface area (Å²) in [6.45, 7) is 5.46. The van der Waals surface area contributed by atoms with E-state index in [1.807, 2.05) is 36.5 Å². The van der Waals surface area contributed by atoms with Crippen LogP contribution in [0.2, 0.25) is 0 Å². The van der Waals surface area contributed by atoms with Gasteiger partial charge < -0.3 is 24.6 Å². The molecule has 1 amide bonds. The van der Waals surface area contributed by atoms with Crippen molar-refractivity contribution in [1.29, 1.82) is 0 Å². The van der Waals surface area contributed by atoms with E-state index in [4.69, 9.17) is 0 Å². The molecule has 1 N–H and O–H groups in total. The Bertz CT molecular complexity index is 1300. The number of alkyl carbamates (subject to hydrolysis) is 1. The maximum Gasteiger partial charge on any atom is 0.407 e. The molecule has 0 unspecified atom stereocenters. The molecule has 1 atom stereocenters. The van der Waals surface area contributed by atoms with Gasteiger partial charge in [-0.25, -0.2) is 13.6 Å². The number of amides is 1. The SMILES string of the molecule is COC(=O)NCc1ccc(-c2nnc(N3CCN(C)[C@@H](C)C3)c3cnccc23)cc1.O=CC1CCC(F)(F)CC1. The second kappa shape index (κ2) is 13.1. The molecule has 3 heterocycles. The van der Waals surface area contributed by atoms with E-state index >= 15 is 0 Å². The third-order valence-electron chi connectivity index (χ3n) is 7.62. The topological polar surface area (TPSA) is 101 Å². The monoisotopic (exact) mass is 554 g/mol. The maximum absolute atomic E-state index is 12.4. The number of fused-ring (bicyclic) bond motifs is 1. The van der Waals surface area contributed by atoms with Gasteiger partial charge in [0.2, 0.25) is 5.92 Å². The summed E-state index contributed by atoms with van der Waals surface area (Å²) in [7, 11) is 3.50. The molecule has 11 heteroatoms. The molecule has 2 fully saturated rings. The number of hydrogen-bond donors (Lipinski definition) is 1. The molecule has 2 aromatic heterocycles. The van der Waals surface area contributed by atoms with Crippen LogP contribution in [0.1, 0.15) is 38.2 Å². The van der Waals surface area contributed by atoms with Gasteiger partial charge in [-0.1, -0.05) is 24.3 Å². The van der Waals surface area contributed by atoms with Gasteiger partial charge in [-0.2, -0.15) is 0 Å². The van der Waals surface area contributed by atoms with Crippen LogP contribution in [-0.2, 0) is 16.1 Å². The van der Waals surface area contributed by atoms with Crippen molar-refractivity contribution in [3.8, 4) is 11.3 Å². The summed E-state index contributed by atoms with van der Waals surface area (Å²) in [5.41, 5.74) is 2.77. The van der Waals surface area contributed by atoms with Gasteiger partial charge in [0, 0.05) is 79.7 Å². The number of carbonyl (C=O) groups excluding carboxylic acids is 2. The van der Waals surface area contributed by atoms with E-state index < -0.39 is 12.0 Å². The molecule has 1 saturated carbocycles. The molecule has 2 aliphatic rings. The number of aldehydes is 1. The predicted molar refractivity (Wildman–Crippen MR) is 149 cm³/mol. The van der Waals surface area contributed by atoms with Crippen molar-refractivity contribution in [3.05, 3.63) is 48.3 Å². The van der Waals surface area contributed by atoms with Crippen LogP contribution in [0.3, 0.4) is 0 Å². The lowest BCUT2D eigenvalue weighted by atomic mass is 9.88. The Morgan fingerprint density at radius 3 is 2.50 bits per heavy atom. The summed E-state index contributed by atoms with van der Waals surface area (Å²) in [4.78, 5) is 30.4. The molecule has 5 rings (SSSR count). The zero-order valence-corrected chi connectivity index (χ0v) is 23.1. The van der Waals surface area contributed by atoms with Gasteiger partial charge >= 0.3 is 6.09 Å².